The summed E-state index contributed by atoms with van der Waals surface area (Å²) in [4.78, 5) is 14.2. The van der Waals surface area contributed by atoms with E-state index in [0.717, 1.165) is 4.47 Å². The molecular weight excluding hydrogens is 316 g/mol. The second-order valence-corrected chi connectivity index (χ2v) is 4.45. The Morgan fingerprint density at radius 1 is 1.26 bits per heavy atom. The van der Waals surface area contributed by atoms with Gasteiger partial charge in [0.2, 0.25) is 5.75 Å². The summed E-state index contributed by atoms with van der Waals surface area (Å²) >= 11 is 3.28. The lowest BCUT2D eigenvalue weighted by molar-refractivity contribution is -0.385. The first-order valence-electron chi connectivity index (χ1n) is 5.21. The van der Waals surface area contributed by atoms with E-state index in [0.29, 0.717) is 11.5 Å². The van der Waals surface area contributed by atoms with Crippen LogP contribution in [0.5, 0.6) is 17.2 Å². The maximum Gasteiger partial charge on any atom is 0.311 e. The summed E-state index contributed by atoms with van der Waals surface area (Å²) in [6, 6.07) is 6.03. The van der Waals surface area contributed by atoms with Crippen LogP contribution in [0, 0.1) is 10.1 Å². The molecular formula is C12H9BrN2O4. The van der Waals surface area contributed by atoms with Gasteiger partial charge < -0.3 is 9.47 Å². The van der Waals surface area contributed by atoms with Crippen molar-refractivity contribution >= 4 is 21.6 Å². The summed E-state index contributed by atoms with van der Waals surface area (Å²) in [5.74, 6) is 1.10. The number of nitrogens with zero attached hydrogens (tertiary/aromatic N) is 2. The lowest BCUT2D eigenvalue weighted by Gasteiger charge is -2.07. The number of benzene rings is 1. The predicted molar refractivity (Wildman–Crippen MR) is 71.7 cm³/mol. The minimum absolute atomic E-state index is 0.109. The highest BCUT2D eigenvalue weighted by Crippen LogP contribution is 2.33. The van der Waals surface area contributed by atoms with Gasteiger partial charge in [0, 0.05) is 22.8 Å². The van der Waals surface area contributed by atoms with E-state index in [-0.39, 0.29) is 11.4 Å². The molecule has 7 heteroatoms. The van der Waals surface area contributed by atoms with Gasteiger partial charge in [-0.25, -0.2) is 0 Å². The molecule has 0 unspecified atom stereocenters. The summed E-state index contributed by atoms with van der Waals surface area (Å²) in [7, 11) is 1.37. The summed E-state index contributed by atoms with van der Waals surface area (Å²) in [6.45, 7) is 0. The molecule has 19 heavy (non-hydrogen) atoms. The van der Waals surface area contributed by atoms with Gasteiger partial charge in [0.15, 0.2) is 0 Å². The zero-order chi connectivity index (χ0) is 13.8. The van der Waals surface area contributed by atoms with Crippen LogP contribution >= 0.6 is 15.9 Å². The Kier molecular flexibility index (Phi) is 3.96. The number of hydrogen-bond donors (Lipinski definition) is 0. The Balaban J connectivity index is 2.29. The Bertz CT molecular complexity index is 618. The maximum absolute atomic E-state index is 10.8. The van der Waals surface area contributed by atoms with E-state index in [1.54, 1.807) is 18.5 Å². The van der Waals surface area contributed by atoms with Gasteiger partial charge in [0.1, 0.15) is 11.5 Å². The van der Waals surface area contributed by atoms with Crippen molar-refractivity contribution in [3.8, 4) is 17.2 Å². The molecule has 1 aromatic heterocycles. The van der Waals surface area contributed by atoms with Gasteiger partial charge in [-0.3, -0.25) is 15.1 Å². The summed E-state index contributed by atoms with van der Waals surface area (Å²) < 4.78 is 11.3. The van der Waals surface area contributed by atoms with Gasteiger partial charge >= 0.3 is 5.69 Å². The molecule has 0 radical (unpaired) electrons. The number of methoxy groups -OCH3 is 1. The minimum atomic E-state index is -0.511. The number of nitro benzene ring substituents is 1. The number of rotatable bonds is 4. The van der Waals surface area contributed by atoms with Crippen molar-refractivity contribution in [2.45, 2.75) is 0 Å². The van der Waals surface area contributed by atoms with Crippen LogP contribution in [-0.4, -0.2) is 17.0 Å². The predicted octanol–water partition coefficient (Wildman–Crippen LogP) is 3.55. The molecule has 0 N–H and O–H groups in total. The number of ether oxygens (including phenoxy) is 2. The van der Waals surface area contributed by atoms with Gasteiger partial charge in [-0.05, 0) is 28.1 Å². The molecule has 6 nitrogen and oxygen atoms in total. The van der Waals surface area contributed by atoms with Gasteiger partial charge in [0.25, 0.3) is 0 Å². The van der Waals surface area contributed by atoms with Crippen LogP contribution in [0.2, 0.25) is 0 Å². The lowest BCUT2D eigenvalue weighted by Crippen LogP contribution is -1.94. The molecule has 0 fully saturated rings. The van der Waals surface area contributed by atoms with Gasteiger partial charge in [-0.15, -0.1) is 0 Å². The average molecular weight is 325 g/mol. The Morgan fingerprint density at radius 2 is 2.05 bits per heavy atom. The minimum Gasteiger partial charge on any atom is -0.490 e. The van der Waals surface area contributed by atoms with Crippen molar-refractivity contribution < 1.29 is 14.4 Å². The third-order valence-corrected chi connectivity index (χ3v) is 2.70. The van der Waals surface area contributed by atoms with Crippen LogP contribution in [-0.2, 0) is 0 Å². The highest BCUT2D eigenvalue weighted by Gasteiger charge is 2.15. The van der Waals surface area contributed by atoms with E-state index in [4.69, 9.17) is 9.47 Å². The largest absolute Gasteiger partial charge is 0.490 e. The molecule has 0 aliphatic heterocycles. The zero-order valence-corrected chi connectivity index (χ0v) is 11.5. The summed E-state index contributed by atoms with van der Waals surface area (Å²) in [5, 5.41) is 10.8. The molecule has 98 valence electrons. The molecule has 0 saturated carbocycles. The smallest absolute Gasteiger partial charge is 0.311 e. The molecule has 1 heterocycles. The van der Waals surface area contributed by atoms with Crippen LogP contribution in [0.1, 0.15) is 0 Å². The second-order valence-electron chi connectivity index (χ2n) is 3.53. The van der Waals surface area contributed by atoms with E-state index in [2.05, 4.69) is 20.9 Å². The second kappa shape index (κ2) is 5.66. The van der Waals surface area contributed by atoms with Crippen LogP contribution in [0.25, 0.3) is 0 Å². The Labute approximate surface area is 117 Å². The normalized spacial score (nSPS) is 10.0. The first-order valence-corrected chi connectivity index (χ1v) is 6.00. The Hall–Kier alpha value is -2.15. The monoisotopic (exact) mass is 324 g/mol. The lowest BCUT2D eigenvalue weighted by atomic mass is 10.3. The first kappa shape index (κ1) is 13.3. The third-order valence-electron chi connectivity index (χ3n) is 2.26. The van der Waals surface area contributed by atoms with E-state index in [9.17, 15) is 10.1 Å². The zero-order valence-electron chi connectivity index (χ0n) is 9.87. The van der Waals surface area contributed by atoms with Crippen LogP contribution in [0.4, 0.5) is 5.69 Å². The van der Waals surface area contributed by atoms with E-state index in [1.165, 1.54) is 25.3 Å². The fraction of sp³-hybridized carbons (Fsp3) is 0.0833. The molecule has 0 aliphatic carbocycles. The molecule has 2 rings (SSSR count). The van der Waals surface area contributed by atoms with Crippen molar-refractivity contribution in [1.82, 2.24) is 4.98 Å². The van der Waals surface area contributed by atoms with Crippen molar-refractivity contribution in [3.05, 3.63) is 51.2 Å². The Morgan fingerprint density at radius 3 is 2.68 bits per heavy atom. The molecule has 0 saturated heterocycles. The molecule has 0 amide bonds. The summed E-state index contributed by atoms with van der Waals surface area (Å²) in [6.07, 6.45) is 3.17. The van der Waals surface area contributed by atoms with E-state index < -0.39 is 4.92 Å². The molecule has 0 aliphatic rings. The van der Waals surface area contributed by atoms with Gasteiger partial charge in [0.05, 0.1) is 18.2 Å². The fourth-order valence-corrected chi connectivity index (χ4v) is 1.80. The molecule has 2 aromatic rings. The third kappa shape index (κ3) is 3.19. The van der Waals surface area contributed by atoms with Crippen LogP contribution in [0.3, 0.4) is 0 Å². The van der Waals surface area contributed by atoms with E-state index in [1.807, 2.05) is 0 Å². The average Bonchev–Trinajstić information content (AvgIpc) is 2.38. The quantitative estimate of drug-likeness (QED) is 0.635. The first-order chi connectivity index (χ1) is 9.10. The number of halogens is 1. The number of nitro groups is 1. The van der Waals surface area contributed by atoms with Crippen molar-refractivity contribution in [2.24, 2.45) is 0 Å². The van der Waals surface area contributed by atoms with Crippen LogP contribution < -0.4 is 9.47 Å². The van der Waals surface area contributed by atoms with Crippen molar-refractivity contribution in [3.63, 3.8) is 0 Å². The van der Waals surface area contributed by atoms with E-state index >= 15 is 0 Å². The SMILES string of the molecule is COc1cc(Oc2cncc(Br)c2)ccc1[N+](=O)[O-]. The molecule has 0 atom stereocenters. The number of hydrogen-bond acceptors (Lipinski definition) is 5. The fourth-order valence-electron chi connectivity index (χ4n) is 1.46. The highest BCUT2D eigenvalue weighted by atomic mass is 79.9. The molecule has 0 bridgehead atoms. The maximum atomic E-state index is 10.8. The number of pyridine rings is 1. The molecule has 1 aromatic carbocycles. The van der Waals surface area contributed by atoms with Gasteiger partial charge in [-0.1, -0.05) is 0 Å². The number of aromatic nitrogens is 1. The standard InChI is InChI=1S/C12H9BrN2O4/c1-18-12-5-9(2-3-11(12)15(16)17)19-10-4-8(13)6-14-7-10/h2-7H,1H3. The topological polar surface area (TPSA) is 74.5 Å². The van der Waals surface area contributed by atoms with Gasteiger partial charge in [-0.2, -0.15) is 0 Å². The highest BCUT2D eigenvalue weighted by molar-refractivity contribution is 9.10. The van der Waals surface area contributed by atoms with Crippen molar-refractivity contribution in [2.75, 3.05) is 7.11 Å². The molecule has 0 spiro atoms. The summed E-state index contributed by atoms with van der Waals surface area (Å²) in [5.41, 5.74) is -0.109. The van der Waals surface area contributed by atoms with Crippen molar-refractivity contribution in [1.29, 1.82) is 0 Å². The van der Waals surface area contributed by atoms with Crippen LogP contribution in [0.15, 0.2) is 41.1 Å².